The van der Waals surface area contributed by atoms with Crippen LogP contribution < -0.4 is 0 Å². The monoisotopic (exact) mass is 273 g/mol. The van der Waals surface area contributed by atoms with Crippen molar-refractivity contribution in [1.29, 1.82) is 0 Å². The molecule has 1 N–H and O–H groups in total. The largest absolute Gasteiger partial charge is 0.512 e. The molecule has 0 spiro atoms. The Morgan fingerprint density at radius 2 is 1.85 bits per heavy atom. The fraction of sp³-hybridized carbons (Fsp3) is 0.412. The lowest BCUT2D eigenvalue weighted by Gasteiger charge is -2.04. The van der Waals surface area contributed by atoms with Gasteiger partial charge < -0.3 is 5.11 Å². The molecular formula is C17H23NO2. The highest BCUT2D eigenvalue weighted by Crippen LogP contribution is 2.15. The average Bonchev–Trinajstić information content (AvgIpc) is 2.48. The number of rotatable bonds is 7. The standard InChI is InChI=1S/C17H23NO2/c1-4-7-17(20)15(16(19)6-3)12-18-14-10-8-13(5-2)9-11-14/h8-12,19H,4-7H2,1-3H3. The second-order valence-corrected chi connectivity index (χ2v) is 4.67. The third-order valence-corrected chi connectivity index (χ3v) is 3.11. The predicted octanol–water partition coefficient (Wildman–Crippen LogP) is 4.54. The van der Waals surface area contributed by atoms with Crippen molar-refractivity contribution in [3.05, 3.63) is 41.2 Å². The molecular weight excluding hydrogens is 250 g/mol. The van der Waals surface area contributed by atoms with E-state index in [2.05, 4.69) is 11.9 Å². The SMILES string of the molecule is CCCC(=O)C(C=Nc1ccc(CC)cc1)=C(O)CC. The van der Waals surface area contributed by atoms with Gasteiger partial charge in [-0.3, -0.25) is 9.79 Å². The summed E-state index contributed by atoms with van der Waals surface area (Å²) in [6, 6.07) is 7.87. The van der Waals surface area contributed by atoms with Crippen LogP contribution in [-0.2, 0) is 11.2 Å². The number of aryl methyl sites for hydroxylation is 1. The highest BCUT2D eigenvalue weighted by molar-refractivity contribution is 6.14. The second kappa shape index (κ2) is 8.31. The lowest BCUT2D eigenvalue weighted by molar-refractivity contribution is -0.115. The Morgan fingerprint density at radius 3 is 2.35 bits per heavy atom. The Balaban J connectivity index is 2.94. The third kappa shape index (κ3) is 4.65. The number of ketones is 1. The van der Waals surface area contributed by atoms with E-state index in [1.165, 1.54) is 11.8 Å². The second-order valence-electron chi connectivity index (χ2n) is 4.67. The van der Waals surface area contributed by atoms with Crippen molar-refractivity contribution < 1.29 is 9.90 Å². The summed E-state index contributed by atoms with van der Waals surface area (Å²) < 4.78 is 0. The molecule has 0 aliphatic rings. The van der Waals surface area contributed by atoms with Gasteiger partial charge in [-0.1, -0.05) is 32.9 Å². The lowest BCUT2D eigenvalue weighted by Crippen LogP contribution is -2.06. The first kappa shape index (κ1) is 16.2. The van der Waals surface area contributed by atoms with E-state index in [1.54, 1.807) is 0 Å². The van der Waals surface area contributed by atoms with Gasteiger partial charge in [-0.15, -0.1) is 0 Å². The summed E-state index contributed by atoms with van der Waals surface area (Å²) in [4.78, 5) is 16.2. The van der Waals surface area contributed by atoms with Gasteiger partial charge in [0.25, 0.3) is 0 Å². The van der Waals surface area contributed by atoms with E-state index in [1.807, 2.05) is 38.1 Å². The Hall–Kier alpha value is -1.90. The van der Waals surface area contributed by atoms with Crippen LogP contribution >= 0.6 is 0 Å². The molecule has 1 aromatic carbocycles. The number of allylic oxidation sites excluding steroid dienone is 2. The normalized spacial score (nSPS) is 12.6. The zero-order valence-electron chi connectivity index (χ0n) is 12.5. The fourth-order valence-electron chi connectivity index (χ4n) is 1.82. The van der Waals surface area contributed by atoms with Gasteiger partial charge in [-0.2, -0.15) is 0 Å². The molecule has 20 heavy (non-hydrogen) atoms. The first-order valence-electron chi connectivity index (χ1n) is 7.20. The van der Waals surface area contributed by atoms with Gasteiger partial charge in [0, 0.05) is 19.1 Å². The first-order valence-corrected chi connectivity index (χ1v) is 7.20. The van der Waals surface area contributed by atoms with Crippen molar-refractivity contribution in [3.63, 3.8) is 0 Å². The molecule has 0 fully saturated rings. The van der Waals surface area contributed by atoms with Crippen LogP contribution in [0.1, 0.15) is 45.6 Å². The molecule has 0 heterocycles. The van der Waals surface area contributed by atoms with Crippen molar-refractivity contribution in [2.75, 3.05) is 0 Å². The summed E-state index contributed by atoms with van der Waals surface area (Å²) in [5, 5.41) is 9.84. The molecule has 0 amide bonds. The summed E-state index contributed by atoms with van der Waals surface area (Å²) in [7, 11) is 0. The van der Waals surface area contributed by atoms with Gasteiger partial charge in [0.1, 0.15) is 5.76 Å². The summed E-state index contributed by atoms with van der Waals surface area (Å²) in [6.07, 6.45) is 4.10. The van der Waals surface area contributed by atoms with E-state index in [-0.39, 0.29) is 11.5 Å². The van der Waals surface area contributed by atoms with Gasteiger partial charge in [0.15, 0.2) is 5.78 Å². The van der Waals surface area contributed by atoms with Crippen LogP contribution in [0.5, 0.6) is 0 Å². The van der Waals surface area contributed by atoms with Gasteiger partial charge >= 0.3 is 0 Å². The average molecular weight is 273 g/mol. The van der Waals surface area contributed by atoms with Crippen LogP contribution in [0.25, 0.3) is 0 Å². The Labute approximate surface area is 121 Å². The summed E-state index contributed by atoms with van der Waals surface area (Å²) in [6.45, 7) is 5.86. The van der Waals surface area contributed by atoms with Crippen LogP contribution in [-0.4, -0.2) is 17.1 Å². The topological polar surface area (TPSA) is 49.7 Å². The van der Waals surface area contributed by atoms with Crippen LogP contribution in [0.4, 0.5) is 5.69 Å². The minimum atomic E-state index is -0.0548. The van der Waals surface area contributed by atoms with Crippen molar-refractivity contribution in [2.45, 2.75) is 46.5 Å². The quantitative estimate of drug-likeness (QED) is 0.450. The number of nitrogens with zero attached hydrogens (tertiary/aromatic N) is 1. The maximum absolute atomic E-state index is 12.0. The van der Waals surface area contributed by atoms with E-state index in [4.69, 9.17) is 0 Å². The molecule has 0 saturated carbocycles. The highest BCUT2D eigenvalue weighted by atomic mass is 16.3. The summed E-state index contributed by atoms with van der Waals surface area (Å²) in [5.41, 5.74) is 2.36. The molecule has 0 saturated heterocycles. The number of carbonyl (C=O) groups excluding carboxylic acids is 1. The summed E-state index contributed by atoms with van der Waals surface area (Å²) in [5.74, 6) is 0.0538. The maximum atomic E-state index is 12.0. The number of hydrogen-bond donors (Lipinski definition) is 1. The fourth-order valence-corrected chi connectivity index (χ4v) is 1.82. The molecule has 3 heteroatoms. The Bertz CT molecular complexity index is 498. The smallest absolute Gasteiger partial charge is 0.167 e. The van der Waals surface area contributed by atoms with Crippen molar-refractivity contribution >= 4 is 17.7 Å². The van der Waals surface area contributed by atoms with Crippen LogP contribution in [0.2, 0.25) is 0 Å². The number of carbonyl (C=O) groups is 1. The summed E-state index contributed by atoms with van der Waals surface area (Å²) >= 11 is 0. The number of Topliss-reactive ketones (excluding diaryl/α,β-unsaturated/α-hetero) is 1. The Kier molecular flexibility index (Phi) is 6.71. The number of benzene rings is 1. The molecule has 1 aromatic rings. The molecule has 0 atom stereocenters. The number of aliphatic imine (C=N–C) groups is 1. The van der Waals surface area contributed by atoms with Gasteiger partial charge in [-0.25, -0.2) is 0 Å². The Morgan fingerprint density at radius 1 is 1.20 bits per heavy atom. The molecule has 0 unspecified atom stereocenters. The number of hydrogen-bond acceptors (Lipinski definition) is 3. The van der Waals surface area contributed by atoms with Crippen molar-refractivity contribution in [3.8, 4) is 0 Å². The molecule has 3 nitrogen and oxygen atoms in total. The number of aliphatic hydroxyl groups is 1. The molecule has 1 rings (SSSR count). The van der Waals surface area contributed by atoms with E-state index in [0.717, 1.165) is 18.5 Å². The molecule has 108 valence electrons. The molecule has 0 bridgehead atoms. The molecule has 0 radical (unpaired) electrons. The van der Waals surface area contributed by atoms with Crippen LogP contribution in [0.3, 0.4) is 0 Å². The van der Waals surface area contributed by atoms with Crippen LogP contribution in [0.15, 0.2) is 40.6 Å². The van der Waals surface area contributed by atoms with E-state index in [9.17, 15) is 9.90 Å². The predicted molar refractivity (Wildman–Crippen MR) is 83.8 cm³/mol. The maximum Gasteiger partial charge on any atom is 0.167 e. The number of aliphatic hydroxyl groups excluding tert-OH is 1. The third-order valence-electron chi connectivity index (χ3n) is 3.11. The minimum absolute atomic E-state index is 0.0548. The van der Waals surface area contributed by atoms with Gasteiger partial charge in [0.2, 0.25) is 0 Å². The molecule has 0 aliphatic carbocycles. The minimum Gasteiger partial charge on any atom is -0.512 e. The zero-order chi connectivity index (χ0) is 15.0. The molecule has 0 aromatic heterocycles. The zero-order valence-corrected chi connectivity index (χ0v) is 12.5. The van der Waals surface area contributed by atoms with Crippen molar-refractivity contribution in [1.82, 2.24) is 0 Å². The van der Waals surface area contributed by atoms with E-state index in [0.29, 0.717) is 18.4 Å². The van der Waals surface area contributed by atoms with E-state index >= 15 is 0 Å². The van der Waals surface area contributed by atoms with Crippen molar-refractivity contribution in [2.24, 2.45) is 4.99 Å². The first-order chi connectivity index (χ1) is 9.62. The van der Waals surface area contributed by atoms with Gasteiger partial charge in [0.05, 0.1) is 11.3 Å². The van der Waals surface area contributed by atoms with Gasteiger partial charge in [-0.05, 0) is 30.5 Å². The highest BCUT2D eigenvalue weighted by Gasteiger charge is 2.11. The molecule has 0 aliphatic heterocycles. The van der Waals surface area contributed by atoms with E-state index < -0.39 is 0 Å². The van der Waals surface area contributed by atoms with Crippen LogP contribution in [0, 0.1) is 0 Å². The lowest BCUT2D eigenvalue weighted by atomic mass is 10.1.